The molecule has 0 aromatic carbocycles. The van der Waals surface area contributed by atoms with Crippen molar-refractivity contribution in [3.05, 3.63) is 11.7 Å². The molecule has 1 saturated heterocycles. The summed E-state index contributed by atoms with van der Waals surface area (Å²) in [6.07, 6.45) is 4.41. The van der Waals surface area contributed by atoms with Crippen molar-refractivity contribution in [2.45, 2.75) is 58.3 Å². The zero-order valence-corrected chi connectivity index (χ0v) is 14.3. The summed E-state index contributed by atoms with van der Waals surface area (Å²) in [7, 11) is 0. The second-order valence-electron chi connectivity index (χ2n) is 7.36. The third-order valence-corrected chi connectivity index (χ3v) is 5.39. The average molecular weight is 335 g/mol. The number of aryl methyl sites for hydroxylation is 1. The van der Waals surface area contributed by atoms with Gasteiger partial charge in [0.2, 0.25) is 11.8 Å². The van der Waals surface area contributed by atoms with E-state index >= 15 is 0 Å². The Morgan fingerprint density at radius 3 is 2.75 bits per heavy atom. The fourth-order valence-electron chi connectivity index (χ4n) is 3.36. The molecule has 132 valence electrons. The molecule has 7 nitrogen and oxygen atoms in total. The molecule has 3 rings (SSSR count). The minimum Gasteiger partial charge on any atom is -0.481 e. The van der Waals surface area contributed by atoms with Gasteiger partial charge in [-0.25, -0.2) is 0 Å². The maximum atomic E-state index is 12.4. The molecule has 1 saturated carbocycles. The second kappa shape index (κ2) is 6.53. The second-order valence-corrected chi connectivity index (χ2v) is 7.36. The largest absolute Gasteiger partial charge is 0.481 e. The lowest BCUT2D eigenvalue weighted by atomic mass is 9.76. The lowest BCUT2D eigenvalue weighted by Crippen LogP contribution is -2.40. The minimum atomic E-state index is -0.804. The smallest absolute Gasteiger partial charge is 0.311 e. The average Bonchev–Trinajstić information content (AvgIpc) is 3.10. The number of likely N-dealkylation sites (tertiary alicyclic amines) is 1. The molecule has 0 spiro atoms. The number of amides is 1. The van der Waals surface area contributed by atoms with Gasteiger partial charge >= 0.3 is 5.97 Å². The van der Waals surface area contributed by atoms with Crippen molar-refractivity contribution in [2.24, 2.45) is 11.3 Å². The number of rotatable bonds is 7. The van der Waals surface area contributed by atoms with Crippen molar-refractivity contribution >= 4 is 11.9 Å². The van der Waals surface area contributed by atoms with Crippen molar-refractivity contribution < 1.29 is 19.2 Å². The molecule has 1 N–H and O–H groups in total. The van der Waals surface area contributed by atoms with E-state index in [1.807, 2.05) is 13.8 Å². The lowest BCUT2D eigenvalue weighted by molar-refractivity contribution is -0.151. The van der Waals surface area contributed by atoms with Gasteiger partial charge < -0.3 is 14.5 Å². The van der Waals surface area contributed by atoms with Crippen LogP contribution in [0.4, 0.5) is 0 Å². The molecule has 1 atom stereocenters. The third kappa shape index (κ3) is 3.30. The number of carbonyl (C=O) groups excluding carboxylic acids is 1. The Kier molecular flexibility index (Phi) is 4.60. The first-order valence-corrected chi connectivity index (χ1v) is 8.76. The Bertz CT molecular complexity index is 623. The summed E-state index contributed by atoms with van der Waals surface area (Å²) in [5, 5.41) is 13.5. The number of carboxylic acids is 1. The number of hydrogen-bond donors (Lipinski definition) is 1. The van der Waals surface area contributed by atoms with Gasteiger partial charge in [-0.2, -0.15) is 4.98 Å². The first-order valence-electron chi connectivity index (χ1n) is 8.76. The van der Waals surface area contributed by atoms with Gasteiger partial charge in [0.15, 0.2) is 5.82 Å². The van der Waals surface area contributed by atoms with Crippen molar-refractivity contribution in [3.63, 3.8) is 0 Å². The van der Waals surface area contributed by atoms with Gasteiger partial charge in [0.25, 0.3) is 0 Å². The summed E-state index contributed by atoms with van der Waals surface area (Å²) < 4.78 is 5.21. The molecule has 1 aromatic heterocycles. The maximum absolute atomic E-state index is 12.4. The molecule has 2 aliphatic rings. The predicted molar refractivity (Wildman–Crippen MR) is 85.3 cm³/mol. The molecular weight excluding hydrogens is 310 g/mol. The zero-order chi connectivity index (χ0) is 17.3. The number of carbonyl (C=O) groups is 2. The molecule has 1 aliphatic heterocycles. The van der Waals surface area contributed by atoms with Gasteiger partial charge in [0.1, 0.15) is 0 Å². The highest BCUT2D eigenvalue weighted by atomic mass is 16.5. The first kappa shape index (κ1) is 16.9. The van der Waals surface area contributed by atoms with Gasteiger partial charge in [-0.3, -0.25) is 9.59 Å². The molecule has 1 amide bonds. The van der Waals surface area contributed by atoms with Crippen LogP contribution in [0, 0.1) is 11.3 Å². The number of hydrogen-bond acceptors (Lipinski definition) is 5. The van der Waals surface area contributed by atoms with E-state index in [2.05, 4.69) is 10.1 Å². The van der Waals surface area contributed by atoms with Crippen LogP contribution in [0.5, 0.6) is 0 Å². The standard InChI is InChI=1S/C17H25N3O4/c1-11(2)17(16(22)23)8-9-20(10-17)14(21)5-3-4-13-18-15(19-24-13)12-6-7-12/h11-12H,3-10H2,1-2H3,(H,22,23). The van der Waals surface area contributed by atoms with Gasteiger partial charge in [0.05, 0.1) is 5.41 Å². The summed E-state index contributed by atoms with van der Waals surface area (Å²) >= 11 is 0. The highest BCUT2D eigenvalue weighted by Crippen LogP contribution is 2.39. The number of aromatic nitrogens is 2. The van der Waals surface area contributed by atoms with Crippen molar-refractivity contribution in [1.29, 1.82) is 0 Å². The Morgan fingerprint density at radius 1 is 1.42 bits per heavy atom. The van der Waals surface area contributed by atoms with Crippen LogP contribution < -0.4 is 0 Å². The Hall–Kier alpha value is -1.92. The summed E-state index contributed by atoms with van der Waals surface area (Å²) in [6.45, 7) is 4.66. The van der Waals surface area contributed by atoms with Crippen LogP contribution in [-0.4, -0.2) is 45.1 Å². The SMILES string of the molecule is CC(C)C1(C(=O)O)CCN(C(=O)CCCc2nc(C3CC3)no2)C1. The van der Waals surface area contributed by atoms with Crippen LogP contribution in [0.2, 0.25) is 0 Å². The molecular formula is C17H25N3O4. The van der Waals surface area contributed by atoms with Crippen molar-refractivity contribution in [1.82, 2.24) is 15.0 Å². The summed E-state index contributed by atoms with van der Waals surface area (Å²) in [4.78, 5) is 30.0. The van der Waals surface area contributed by atoms with Gasteiger partial charge in [0, 0.05) is 31.8 Å². The van der Waals surface area contributed by atoms with Crippen LogP contribution in [-0.2, 0) is 16.0 Å². The van der Waals surface area contributed by atoms with Crippen molar-refractivity contribution in [3.8, 4) is 0 Å². The normalized spacial score (nSPS) is 23.9. The van der Waals surface area contributed by atoms with Gasteiger partial charge in [-0.15, -0.1) is 0 Å². The molecule has 2 fully saturated rings. The number of nitrogens with zero attached hydrogens (tertiary/aromatic N) is 3. The van der Waals surface area contributed by atoms with Crippen LogP contribution in [0.15, 0.2) is 4.52 Å². The summed E-state index contributed by atoms with van der Waals surface area (Å²) in [6, 6.07) is 0. The summed E-state index contributed by atoms with van der Waals surface area (Å²) in [5.74, 6) is 1.07. The Labute approximate surface area is 141 Å². The van der Waals surface area contributed by atoms with Gasteiger partial charge in [-0.1, -0.05) is 19.0 Å². The molecule has 2 heterocycles. The molecule has 7 heteroatoms. The number of carboxylic acid groups (broad SMARTS) is 1. The molecule has 24 heavy (non-hydrogen) atoms. The molecule has 1 aromatic rings. The van der Waals surface area contributed by atoms with Crippen LogP contribution in [0.3, 0.4) is 0 Å². The van der Waals surface area contributed by atoms with Crippen LogP contribution >= 0.6 is 0 Å². The Balaban J connectivity index is 1.47. The predicted octanol–water partition coefficient (Wildman–Crippen LogP) is 2.23. The minimum absolute atomic E-state index is 0.00652. The Morgan fingerprint density at radius 2 is 2.17 bits per heavy atom. The topological polar surface area (TPSA) is 96.5 Å². The monoisotopic (exact) mass is 335 g/mol. The molecule has 0 radical (unpaired) electrons. The molecule has 1 unspecified atom stereocenters. The maximum Gasteiger partial charge on any atom is 0.311 e. The van der Waals surface area contributed by atoms with Crippen LogP contribution in [0.1, 0.15) is 63.6 Å². The first-order chi connectivity index (χ1) is 11.4. The van der Waals surface area contributed by atoms with Gasteiger partial charge in [-0.05, 0) is 31.6 Å². The molecule has 0 bridgehead atoms. The van der Waals surface area contributed by atoms with E-state index in [1.165, 1.54) is 0 Å². The fourth-order valence-corrected chi connectivity index (χ4v) is 3.36. The van der Waals surface area contributed by atoms with E-state index < -0.39 is 11.4 Å². The van der Waals surface area contributed by atoms with E-state index in [1.54, 1.807) is 4.90 Å². The quantitative estimate of drug-likeness (QED) is 0.821. The third-order valence-electron chi connectivity index (χ3n) is 5.39. The zero-order valence-electron chi connectivity index (χ0n) is 14.3. The van der Waals surface area contributed by atoms with E-state index in [4.69, 9.17) is 4.52 Å². The van der Waals surface area contributed by atoms with E-state index in [0.717, 1.165) is 18.7 Å². The highest BCUT2D eigenvalue weighted by Gasteiger charge is 2.48. The highest BCUT2D eigenvalue weighted by molar-refractivity contribution is 5.80. The van der Waals surface area contributed by atoms with Crippen LogP contribution in [0.25, 0.3) is 0 Å². The van der Waals surface area contributed by atoms with E-state index in [9.17, 15) is 14.7 Å². The molecule has 1 aliphatic carbocycles. The fraction of sp³-hybridized carbons (Fsp3) is 0.765. The number of aliphatic carboxylic acids is 1. The van der Waals surface area contributed by atoms with E-state index in [-0.39, 0.29) is 11.8 Å². The van der Waals surface area contributed by atoms with E-state index in [0.29, 0.717) is 50.6 Å². The summed E-state index contributed by atoms with van der Waals surface area (Å²) in [5.41, 5.74) is -0.804. The van der Waals surface area contributed by atoms with Crippen molar-refractivity contribution in [2.75, 3.05) is 13.1 Å². The lowest BCUT2D eigenvalue weighted by Gasteiger charge is -2.28.